The summed E-state index contributed by atoms with van der Waals surface area (Å²) in [4.78, 5) is 12.8. The van der Waals surface area contributed by atoms with Crippen molar-refractivity contribution in [2.24, 2.45) is 11.8 Å². The van der Waals surface area contributed by atoms with Gasteiger partial charge in [-0.05, 0) is 36.5 Å². The molecule has 7 heteroatoms. The monoisotopic (exact) mass is 380 g/mol. The van der Waals surface area contributed by atoms with Crippen LogP contribution >= 0.6 is 0 Å². The van der Waals surface area contributed by atoms with Gasteiger partial charge < -0.3 is 10.1 Å². The second-order valence-corrected chi connectivity index (χ2v) is 9.33. The zero-order valence-electron chi connectivity index (χ0n) is 15.5. The molecule has 1 N–H and O–H groups in total. The number of nitrogens with one attached hydrogen (secondary N) is 1. The maximum atomic E-state index is 12.8. The highest BCUT2D eigenvalue weighted by atomic mass is 32.2. The van der Waals surface area contributed by atoms with Gasteiger partial charge in [-0.15, -0.1) is 0 Å². The number of amides is 1. The molecule has 0 aromatic heterocycles. The molecule has 6 nitrogen and oxygen atoms in total. The van der Waals surface area contributed by atoms with Crippen molar-refractivity contribution in [2.75, 3.05) is 26.3 Å². The van der Waals surface area contributed by atoms with Crippen molar-refractivity contribution in [1.29, 1.82) is 0 Å². The third-order valence-electron chi connectivity index (χ3n) is 5.73. The van der Waals surface area contributed by atoms with Crippen LogP contribution in [-0.4, -0.2) is 51.0 Å². The smallest absolute Gasteiger partial charge is 0.251 e. The molecule has 1 aliphatic heterocycles. The second-order valence-electron chi connectivity index (χ2n) is 7.39. The number of morpholine rings is 1. The highest BCUT2D eigenvalue weighted by Gasteiger charge is 2.30. The van der Waals surface area contributed by atoms with Crippen molar-refractivity contribution in [2.45, 2.75) is 44.0 Å². The van der Waals surface area contributed by atoms with Crippen molar-refractivity contribution in [1.82, 2.24) is 9.62 Å². The predicted molar refractivity (Wildman–Crippen MR) is 99.5 cm³/mol. The summed E-state index contributed by atoms with van der Waals surface area (Å²) in [6.07, 6.45) is 3.28. The molecule has 1 saturated heterocycles. The van der Waals surface area contributed by atoms with Crippen LogP contribution in [0.2, 0.25) is 0 Å². The van der Waals surface area contributed by atoms with E-state index in [0.717, 1.165) is 12.8 Å². The Morgan fingerprint density at radius 2 is 1.92 bits per heavy atom. The van der Waals surface area contributed by atoms with Crippen LogP contribution in [-0.2, 0) is 14.8 Å². The molecular weight excluding hydrogens is 352 g/mol. The largest absolute Gasteiger partial charge is 0.379 e. The normalized spacial score (nSPS) is 27.8. The number of sulfonamides is 1. The fourth-order valence-corrected chi connectivity index (χ4v) is 5.23. The average molecular weight is 381 g/mol. The predicted octanol–water partition coefficient (Wildman–Crippen LogP) is 2.26. The topological polar surface area (TPSA) is 75.7 Å². The molecule has 0 radical (unpaired) electrons. The maximum absolute atomic E-state index is 12.8. The summed E-state index contributed by atoms with van der Waals surface area (Å²) in [5.74, 6) is 0.810. The van der Waals surface area contributed by atoms with Crippen LogP contribution in [0.25, 0.3) is 0 Å². The Labute approximate surface area is 156 Å². The van der Waals surface area contributed by atoms with E-state index in [-0.39, 0.29) is 16.8 Å². The molecule has 3 atom stereocenters. The Hall–Kier alpha value is -1.44. The minimum Gasteiger partial charge on any atom is -0.379 e. The number of benzene rings is 1. The van der Waals surface area contributed by atoms with Gasteiger partial charge in [-0.25, -0.2) is 8.42 Å². The summed E-state index contributed by atoms with van der Waals surface area (Å²) in [5, 5.41) is 3.11. The fraction of sp³-hybridized carbons (Fsp3) is 0.632. The Balaban J connectivity index is 1.75. The molecule has 144 valence electrons. The van der Waals surface area contributed by atoms with E-state index in [0.29, 0.717) is 43.7 Å². The van der Waals surface area contributed by atoms with Gasteiger partial charge in [0.05, 0.1) is 18.1 Å². The first-order valence-electron chi connectivity index (χ1n) is 9.38. The van der Waals surface area contributed by atoms with E-state index in [4.69, 9.17) is 4.74 Å². The summed E-state index contributed by atoms with van der Waals surface area (Å²) < 4.78 is 32.2. The van der Waals surface area contributed by atoms with E-state index in [1.54, 1.807) is 18.2 Å². The van der Waals surface area contributed by atoms with Gasteiger partial charge in [0, 0.05) is 24.7 Å². The van der Waals surface area contributed by atoms with E-state index < -0.39 is 10.0 Å². The first-order chi connectivity index (χ1) is 12.4. The Morgan fingerprint density at radius 3 is 2.65 bits per heavy atom. The van der Waals surface area contributed by atoms with Crippen molar-refractivity contribution < 1.29 is 17.9 Å². The molecule has 3 rings (SSSR count). The molecule has 1 aliphatic carbocycles. The Bertz CT molecular complexity index is 744. The van der Waals surface area contributed by atoms with E-state index in [9.17, 15) is 13.2 Å². The van der Waals surface area contributed by atoms with Crippen LogP contribution in [0, 0.1) is 11.8 Å². The number of hydrogen-bond acceptors (Lipinski definition) is 4. The van der Waals surface area contributed by atoms with Gasteiger partial charge >= 0.3 is 0 Å². The number of carbonyl (C=O) groups is 1. The lowest BCUT2D eigenvalue weighted by Crippen LogP contribution is -2.43. The van der Waals surface area contributed by atoms with Crippen LogP contribution in [0.3, 0.4) is 0 Å². The van der Waals surface area contributed by atoms with Crippen LogP contribution < -0.4 is 5.32 Å². The number of carbonyl (C=O) groups excluding carboxylic acids is 1. The van der Waals surface area contributed by atoms with Gasteiger partial charge in [0.2, 0.25) is 10.0 Å². The number of ether oxygens (including phenoxy) is 1. The van der Waals surface area contributed by atoms with Crippen molar-refractivity contribution in [3.8, 4) is 0 Å². The van der Waals surface area contributed by atoms with Gasteiger partial charge in [-0.1, -0.05) is 32.8 Å². The lowest BCUT2D eigenvalue weighted by atomic mass is 9.78. The molecule has 1 heterocycles. The molecule has 0 bridgehead atoms. The first kappa shape index (κ1) is 19.3. The Morgan fingerprint density at radius 1 is 1.19 bits per heavy atom. The van der Waals surface area contributed by atoms with Crippen LogP contribution in [0.5, 0.6) is 0 Å². The van der Waals surface area contributed by atoms with Gasteiger partial charge in [0.25, 0.3) is 5.91 Å². The minimum atomic E-state index is -3.60. The molecule has 0 spiro atoms. The molecule has 1 aromatic carbocycles. The third-order valence-corrected chi connectivity index (χ3v) is 7.62. The molecule has 1 saturated carbocycles. The lowest BCUT2D eigenvalue weighted by Gasteiger charge is -2.34. The molecule has 1 amide bonds. The molecule has 1 aromatic rings. The van der Waals surface area contributed by atoms with Crippen LogP contribution in [0.4, 0.5) is 0 Å². The highest BCUT2D eigenvalue weighted by molar-refractivity contribution is 7.89. The van der Waals surface area contributed by atoms with Crippen molar-refractivity contribution in [3.05, 3.63) is 29.8 Å². The standard InChI is InChI=1S/C19H28N2O4S/c1-14-5-3-8-18(15(14)2)20-19(22)16-6-4-7-17(13-16)26(23,24)21-9-11-25-12-10-21/h4,6-7,13-15,18H,3,5,8-12H2,1-2H3,(H,20,22)/t14-,15-,18+/m1/s1. The molecule has 2 aliphatic rings. The number of rotatable bonds is 4. The van der Waals surface area contributed by atoms with Crippen molar-refractivity contribution >= 4 is 15.9 Å². The molecule has 26 heavy (non-hydrogen) atoms. The summed E-state index contributed by atoms with van der Waals surface area (Å²) in [6.45, 7) is 5.88. The van der Waals surface area contributed by atoms with E-state index in [1.165, 1.54) is 16.8 Å². The van der Waals surface area contributed by atoms with E-state index in [1.807, 2.05) is 0 Å². The quantitative estimate of drug-likeness (QED) is 0.869. The van der Waals surface area contributed by atoms with Gasteiger partial charge in [0.15, 0.2) is 0 Å². The zero-order valence-corrected chi connectivity index (χ0v) is 16.3. The number of nitrogens with zero attached hydrogens (tertiary/aromatic N) is 1. The van der Waals surface area contributed by atoms with Crippen LogP contribution in [0.15, 0.2) is 29.2 Å². The second kappa shape index (κ2) is 8.06. The minimum absolute atomic E-state index is 0.144. The first-order valence-corrected chi connectivity index (χ1v) is 10.8. The summed E-state index contributed by atoms with van der Waals surface area (Å²) in [5.41, 5.74) is 0.393. The summed E-state index contributed by atoms with van der Waals surface area (Å²) in [7, 11) is -3.60. The van der Waals surface area contributed by atoms with E-state index in [2.05, 4.69) is 19.2 Å². The summed E-state index contributed by atoms with van der Waals surface area (Å²) >= 11 is 0. The lowest BCUT2D eigenvalue weighted by molar-refractivity contribution is 0.0730. The van der Waals surface area contributed by atoms with Crippen LogP contribution in [0.1, 0.15) is 43.5 Å². The average Bonchev–Trinajstić information content (AvgIpc) is 2.66. The van der Waals surface area contributed by atoms with Crippen molar-refractivity contribution in [3.63, 3.8) is 0 Å². The summed E-state index contributed by atoms with van der Waals surface area (Å²) in [6, 6.07) is 6.48. The number of hydrogen-bond donors (Lipinski definition) is 1. The maximum Gasteiger partial charge on any atom is 0.251 e. The third kappa shape index (κ3) is 4.10. The SMILES string of the molecule is C[C@@H]1[C@H](C)CCC[C@@H]1NC(=O)c1cccc(S(=O)(=O)N2CCOCC2)c1. The zero-order chi connectivity index (χ0) is 18.7. The molecular formula is C19H28N2O4S. The van der Waals surface area contributed by atoms with Gasteiger partial charge in [-0.2, -0.15) is 4.31 Å². The fourth-order valence-electron chi connectivity index (χ4n) is 3.77. The molecule has 0 unspecified atom stereocenters. The molecule has 2 fully saturated rings. The van der Waals surface area contributed by atoms with Gasteiger partial charge in [-0.3, -0.25) is 4.79 Å². The highest BCUT2D eigenvalue weighted by Crippen LogP contribution is 2.29. The van der Waals surface area contributed by atoms with Gasteiger partial charge in [0.1, 0.15) is 0 Å². The van der Waals surface area contributed by atoms with E-state index >= 15 is 0 Å². The Kier molecular flexibility index (Phi) is 5.99.